The van der Waals surface area contributed by atoms with Gasteiger partial charge in [0.2, 0.25) is 15.9 Å². The molecule has 0 heterocycles. The summed E-state index contributed by atoms with van der Waals surface area (Å²) in [6.07, 6.45) is 3.17. The van der Waals surface area contributed by atoms with Gasteiger partial charge in [-0.05, 0) is 30.8 Å². The van der Waals surface area contributed by atoms with E-state index in [9.17, 15) is 13.2 Å². The van der Waals surface area contributed by atoms with E-state index in [-0.39, 0.29) is 5.91 Å². The van der Waals surface area contributed by atoms with Gasteiger partial charge in [0.05, 0.1) is 0 Å². The van der Waals surface area contributed by atoms with Crippen LogP contribution in [0.5, 0.6) is 0 Å². The summed E-state index contributed by atoms with van der Waals surface area (Å²) < 4.78 is 23.9. The molecule has 0 fully saturated rings. The molecule has 0 rings (SSSR count). The molecule has 2 N–H and O–H groups in total. The highest BCUT2D eigenvalue weighted by molar-refractivity contribution is 7.92. The number of carbonyl (C=O) groups is 1. The second kappa shape index (κ2) is 12.6. The SMILES string of the molecule is C=CC(=O)NCCC(C)C.C=CS(=O)(=O)NCCC(C)C. The Morgan fingerprint density at radius 3 is 1.90 bits per heavy atom. The number of carbonyl (C=O) groups excluding carboxylic acids is 1. The van der Waals surface area contributed by atoms with Gasteiger partial charge < -0.3 is 5.32 Å². The molecule has 0 saturated carbocycles. The van der Waals surface area contributed by atoms with Crippen molar-refractivity contribution in [1.29, 1.82) is 0 Å². The molecule has 0 aromatic heterocycles. The third-order valence-corrected chi connectivity index (χ3v) is 3.50. The summed E-state index contributed by atoms with van der Waals surface area (Å²) in [5, 5.41) is 3.63. The minimum absolute atomic E-state index is 0.0827. The predicted molar refractivity (Wildman–Crippen MR) is 89.2 cm³/mol. The maximum Gasteiger partial charge on any atom is 0.243 e. The summed E-state index contributed by atoms with van der Waals surface area (Å²) in [5.74, 6) is 1.08. The summed E-state index contributed by atoms with van der Waals surface area (Å²) in [6, 6.07) is 0. The van der Waals surface area contributed by atoms with E-state index in [1.807, 2.05) is 13.8 Å². The van der Waals surface area contributed by atoms with Gasteiger partial charge in [0.15, 0.2) is 0 Å². The second-order valence-corrected chi connectivity index (χ2v) is 7.18. The molecule has 0 saturated heterocycles. The van der Waals surface area contributed by atoms with Crippen LogP contribution in [0.3, 0.4) is 0 Å². The van der Waals surface area contributed by atoms with Gasteiger partial charge in [0.25, 0.3) is 0 Å². The second-order valence-electron chi connectivity index (χ2n) is 5.47. The first kappa shape index (κ1) is 22.1. The van der Waals surface area contributed by atoms with Crippen molar-refractivity contribution in [3.63, 3.8) is 0 Å². The van der Waals surface area contributed by atoms with Crippen molar-refractivity contribution >= 4 is 15.9 Å². The summed E-state index contributed by atoms with van der Waals surface area (Å²) >= 11 is 0. The van der Waals surface area contributed by atoms with Crippen LogP contribution >= 0.6 is 0 Å². The molecule has 0 atom stereocenters. The highest BCUT2D eigenvalue weighted by Gasteiger charge is 2.02. The lowest BCUT2D eigenvalue weighted by Gasteiger charge is -2.04. The molecular formula is C15H30N2O3S. The number of amides is 1. The Kier molecular flexibility index (Phi) is 13.3. The minimum atomic E-state index is -3.20. The molecule has 0 aromatic carbocycles. The van der Waals surface area contributed by atoms with Crippen molar-refractivity contribution in [2.75, 3.05) is 13.1 Å². The highest BCUT2D eigenvalue weighted by Crippen LogP contribution is 1.97. The average Bonchev–Trinajstić information content (AvgIpc) is 2.38. The van der Waals surface area contributed by atoms with E-state index in [0.29, 0.717) is 18.4 Å². The van der Waals surface area contributed by atoms with Crippen LogP contribution in [-0.4, -0.2) is 27.4 Å². The fraction of sp³-hybridized carbons (Fsp3) is 0.667. The van der Waals surface area contributed by atoms with Gasteiger partial charge in [-0.15, -0.1) is 0 Å². The summed E-state index contributed by atoms with van der Waals surface area (Å²) in [7, 11) is -3.20. The van der Waals surface area contributed by atoms with Crippen molar-refractivity contribution in [2.45, 2.75) is 40.5 Å². The normalized spacial score (nSPS) is 10.8. The van der Waals surface area contributed by atoms with E-state index in [1.54, 1.807) is 0 Å². The average molecular weight is 318 g/mol. The van der Waals surface area contributed by atoms with Crippen molar-refractivity contribution in [1.82, 2.24) is 10.0 Å². The number of rotatable bonds is 9. The molecule has 0 aliphatic rings. The third kappa shape index (κ3) is 18.9. The fourth-order valence-corrected chi connectivity index (χ4v) is 1.63. The van der Waals surface area contributed by atoms with Gasteiger partial charge in [-0.3, -0.25) is 4.79 Å². The Morgan fingerprint density at radius 2 is 1.52 bits per heavy atom. The maximum atomic E-state index is 10.8. The van der Waals surface area contributed by atoms with Crippen molar-refractivity contribution in [3.05, 3.63) is 24.6 Å². The summed E-state index contributed by atoms with van der Waals surface area (Å²) in [4.78, 5) is 10.6. The third-order valence-electron chi connectivity index (χ3n) is 2.45. The standard InChI is InChI=1S/C8H15NO.C7H15NO2S/c1-4-8(10)9-6-5-7(2)3;1-4-11(9,10)8-6-5-7(2)3/h4,7H,1,5-6H2,2-3H3,(H,9,10);4,7-8H,1,5-6H2,2-3H3. The Labute approximate surface area is 129 Å². The van der Waals surface area contributed by atoms with Gasteiger partial charge in [-0.2, -0.15) is 0 Å². The highest BCUT2D eigenvalue weighted by atomic mass is 32.2. The Balaban J connectivity index is 0. The Bertz CT molecular complexity index is 401. The minimum Gasteiger partial charge on any atom is -0.353 e. The van der Waals surface area contributed by atoms with Crippen LogP contribution in [0.2, 0.25) is 0 Å². The van der Waals surface area contributed by atoms with Gasteiger partial charge in [-0.25, -0.2) is 13.1 Å². The van der Waals surface area contributed by atoms with Crippen LogP contribution < -0.4 is 10.0 Å². The van der Waals surface area contributed by atoms with E-state index in [1.165, 1.54) is 6.08 Å². The molecule has 21 heavy (non-hydrogen) atoms. The van der Waals surface area contributed by atoms with Gasteiger partial charge >= 0.3 is 0 Å². The smallest absolute Gasteiger partial charge is 0.243 e. The van der Waals surface area contributed by atoms with Crippen LogP contribution in [0, 0.1) is 11.8 Å². The molecule has 5 nitrogen and oxygen atoms in total. The van der Waals surface area contributed by atoms with Crippen molar-refractivity contribution < 1.29 is 13.2 Å². The zero-order valence-corrected chi connectivity index (χ0v) is 14.5. The number of hydrogen-bond donors (Lipinski definition) is 2. The molecule has 0 radical (unpaired) electrons. The zero-order valence-electron chi connectivity index (χ0n) is 13.7. The summed E-state index contributed by atoms with van der Waals surface area (Å²) in [6.45, 7) is 16.1. The van der Waals surface area contributed by atoms with E-state index < -0.39 is 10.0 Å². The lowest BCUT2D eigenvalue weighted by atomic mass is 10.1. The van der Waals surface area contributed by atoms with Crippen molar-refractivity contribution in [2.24, 2.45) is 11.8 Å². The van der Waals surface area contributed by atoms with Crippen LogP contribution in [0.4, 0.5) is 0 Å². The van der Waals surface area contributed by atoms with Crippen LogP contribution in [0.25, 0.3) is 0 Å². The van der Waals surface area contributed by atoms with Crippen molar-refractivity contribution in [3.8, 4) is 0 Å². The van der Waals surface area contributed by atoms with E-state index in [0.717, 1.165) is 24.8 Å². The molecule has 124 valence electrons. The fourth-order valence-electron chi connectivity index (χ4n) is 1.10. The predicted octanol–water partition coefficient (Wildman–Crippen LogP) is 2.43. The van der Waals surface area contributed by atoms with Crippen LogP contribution in [-0.2, 0) is 14.8 Å². The Hall–Kier alpha value is -1.14. The van der Waals surface area contributed by atoms with Crippen LogP contribution in [0.1, 0.15) is 40.5 Å². The summed E-state index contributed by atoms with van der Waals surface area (Å²) in [5.41, 5.74) is 0. The number of sulfonamides is 1. The largest absolute Gasteiger partial charge is 0.353 e. The number of hydrogen-bond acceptors (Lipinski definition) is 3. The molecule has 0 aliphatic carbocycles. The maximum absolute atomic E-state index is 10.8. The van der Waals surface area contributed by atoms with Gasteiger partial charge in [-0.1, -0.05) is 40.9 Å². The zero-order chi connectivity index (χ0) is 16.9. The molecule has 0 aromatic rings. The van der Waals surface area contributed by atoms with E-state index in [4.69, 9.17) is 0 Å². The molecule has 0 bridgehead atoms. The van der Waals surface area contributed by atoms with E-state index >= 15 is 0 Å². The molecule has 6 heteroatoms. The molecule has 0 aliphatic heterocycles. The number of nitrogens with one attached hydrogen (secondary N) is 2. The first-order valence-corrected chi connectivity index (χ1v) is 8.71. The van der Waals surface area contributed by atoms with E-state index in [2.05, 4.69) is 37.0 Å². The Morgan fingerprint density at radius 1 is 1.05 bits per heavy atom. The van der Waals surface area contributed by atoms with Crippen LogP contribution in [0.15, 0.2) is 24.6 Å². The quantitative estimate of drug-likeness (QED) is 0.641. The first-order chi connectivity index (χ1) is 9.64. The molecule has 0 unspecified atom stereocenters. The molecular weight excluding hydrogens is 288 g/mol. The molecule has 1 amide bonds. The lowest BCUT2D eigenvalue weighted by Crippen LogP contribution is -2.22. The van der Waals surface area contributed by atoms with Gasteiger partial charge in [0.1, 0.15) is 0 Å². The van der Waals surface area contributed by atoms with Gasteiger partial charge in [0, 0.05) is 18.5 Å². The topological polar surface area (TPSA) is 75.3 Å². The first-order valence-electron chi connectivity index (χ1n) is 7.17. The molecule has 0 spiro atoms. The lowest BCUT2D eigenvalue weighted by molar-refractivity contribution is -0.116. The monoisotopic (exact) mass is 318 g/mol.